The Bertz CT molecular complexity index is 357. The second kappa shape index (κ2) is 6.44. The van der Waals surface area contributed by atoms with E-state index in [0.717, 1.165) is 12.8 Å². The zero-order valence-electron chi connectivity index (χ0n) is 11.4. The number of carbonyl (C=O) groups is 2. The van der Waals surface area contributed by atoms with Crippen molar-refractivity contribution in [3.63, 3.8) is 0 Å². The smallest absolute Gasteiger partial charge is 0.246 e. The molecule has 0 aliphatic carbocycles. The van der Waals surface area contributed by atoms with Crippen LogP contribution in [0.5, 0.6) is 0 Å². The van der Waals surface area contributed by atoms with Crippen LogP contribution in [-0.4, -0.2) is 35.3 Å². The minimum absolute atomic E-state index is 0.0488. The number of nitrogens with one attached hydrogen (secondary N) is 1. The van der Waals surface area contributed by atoms with Crippen LogP contribution >= 0.6 is 0 Å². The zero-order chi connectivity index (χ0) is 13.7. The van der Waals surface area contributed by atoms with E-state index in [-0.39, 0.29) is 23.8 Å². The van der Waals surface area contributed by atoms with Crippen molar-refractivity contribution in [1.29, 1.82) is 0 Å². The minimum Gasteiger partial charge on any atom is -0.344 e. The van der Waals surface area contributed by atoms with E-state index >= 15 is 0 Å². The second-order valence-electron chi connectivity index (χ2n) is 5.04. The van der Waals surface area contributed by atoms with Gasteiger partial charge in [0, 0.05) is 13.0 Å². The van der Waals surface area contributed by atoms with Crippen molar-refractivity contribution in [2.75, 3.05) is 6.54 Å². The molecule has 1 aliphatic heterocycles. The number of amides is 2. The van der Waals surface area contributed by atoms with Gasteiger partial charge in [0.05, 0.1) is 6.04 Å². The Morgan fingerprint density at radius 3 is 2.67 bits per heavy atom. The highest BCUT2D eigenvalue weighted by Gasteiger charge is 2.34. The van der Waals surface area contributed by atoms with E-state index in [1.165, 1.54) is 0 Å². The molecule has 2 unspecified atom stereocenters. The van der Waals surface area contributed by atoms with Crippen LogP contribution in [0, 0.1) is 18.3 Å². The van der Waals surface area contributed by atoms with Gasteiger partial charge in [0.25, 0.3) is 0 Å². The van der Waals surface area contributed by atoms with E-state index in [9.17, 15) is 9.59 Å². The molecule has 0 aromatic rings. The first-order chi connectivity index (χ1) is 8.51. The fraction of sp³-hybridized carbons (Fsp3) is 0.714. The van der Waals surface area contributed by atoms with Crippen molar-refractivity contribution in [1.82, 2.24) is 10.2 Å². The quantitative estimate of drug-likeness (QED) is 0.761. The molecule has 1 N–H and O–H groups in total. The van der Waals surface area contributed by atoms with Gasteiger partial charge in [-0.15, -0.1) is 6.42 Å². The number of hydrogen-bond acceptors (Lipinski definition) is 2. The van der Waals surface area contributed by atoms with Gasteiger partial charge in [-0.05, 0) is 12.3 Å². The highest BCUT2D eigenvalue weighted by atomic mass is 16.2. The standard InChI is InChI=1S/C14H22N2O2/c1-5-7-11(6-2)16-9-8-12(17)15-13(10(3)4)14(16)18/h2,10-11,13H,5,7-9H2,1,3-4H3,(H,15,17). The van der Waals surface area contributed by atoms with Crippen LogP contribution in [0.1, 0.15) is 40.0 Å². The molecule has 1 saturated heterocycles. The highest BCUT2D eigenvalue weighted by Crippen LogP contribution is 2.16. The maximum Gasteiger partial charge on any atom is 0.246 e. The van der Waals surface area contributed by atoms with E-state index in [1.54, 1.807) is 4.90 Å². The normalized spacial score (nSPS) is 22.4. The fourth-order valence-corrected chi connectivity index (χ4v) is 2.18. The molecule has 4 nitrogen and oxygen atoms in total. The molecule has 0 saturated carbocycles. The largest absolute Gasteiger partial charge is 0.344 e. The average Bonchev–Trinajstić information content (AvgIpc) is 2.47. The Morgan fingerprint density at radius 1 is 1.50 bits per heavy atom. The van der Waals surface area contributed by atoms with E-state index in [0.29, 0.717) is 13.0 Å². The van der Waals surface area contributed by atoms with Gasteiger partial charge in [-0.3, -0.25) is 9.59 Å². The van der Waals surface area contributed by atoms with Gasteiger partial charge in [0.2, 0.25) is 11.8 Å². The van der Waals surface area contributed by atoms with Crippen LogP contribution in [0.3, 0.4) is 0 Å². The Balaban J connectivity index is 2.93. The van der Waals surface area contributed by atoms with Gasteiger partial charge in [0.1, 0.15) is 6.04 Å². The summed E-state index contributed by atoms with van der Waals surface area (Å²) in [5.41, 5.74) is 0. The summed E-state index contributed by atoms with van der Waals surface area (Å²) in [5, 5.41) is 2.78. The maximum atomic E-state index is 12.4. The summed E-state index contributed by atoms with van der Waals surface area (Å²) < 4.78 is 0. The molecule has 1 aliphatic rings. The molecule has 0 aromatic heterocycles. The molecule has 2 atom stereocenters. The zero-order valence-corrected chi connectivity index (χ0v) is 11.4. The summed E-state index contributed by atoms with van der Waals surface area (Å²) in [6, 6.07) is -0.649. The summed E-state index contributed by atoms with van der Waals surface area (Å²) in [6.07, 6.45) is 7.54. The van der Waals surface area contributed by atoms with Crippen LogP contribution in [0.15, 0.2) is 0 Å². The van der Waals surface area contributed by atoms with Crippen molar-refractivity contribution in [3.05, 3.63) is 0 Å². The fourth-order valence-electron chi connectivity index (χ4n) is 2.18. The minimum atomic E-state index is -0.451. The van der Waals surface area contributed by atoms with Crippen molar-refractivity contribution < 1.29 is 9.59 Å². The number of terminal acetylenes is 1. The average molecular weight is 250 g/mol. The molecule has 0 radical (unpaired) electrons. The van der Waals surface area contributed by atoms with Gasteiger partial charge in [-0.25, -0.2) is 0 Å². The monoisotopic (exact) mass is 250 g/mol. The van der Waals surface area contributed by atoms with E-state index < -0.39 is 6.04 Å². The number of nitrogens with zero attached hydrogens (tertiary/aromatic N) is 1. The van der Waals surface area contributed by atoms with E-state index in [4.69, 9.17) is 6.42 Å². The summed E-state index contributed by atoms with van der Waals surface area (Å²) in [4.78, 5) is 25.7. The third-order valence-corrected chi connectivity index (χ3v) is 3.24. The third kappa shape index (κ3) is 3.25. The summed E-state index contributed by atoms with van der Waals surface area (Å²) >= 11 is 0. The van der Waals surface area contributed by atoms with Crippen molar-refractivity contribution >= 4 is 11.8 Å². The second-order valence-corrected chi connectivity index (χ2v) is 5.04. The molecule has 1 heterocycles. The first kappa shape index (κ1) is 14.6. The molecule has 1 rings (SSSR count). The molecule has 1 fully saturated rings. The molecular formula is C14H22N2O2. The van der Waals surface area contributed by atoms with Crippen LogP contribution in [0.25, 0.3) is 0 Å². The Kier molecular flexibility index (Phi) is 5.21. The van der Waals surface area contributed by atoms with Gasteiger partial charge in [0.15, 0.2) is 0 Å². The van der Waals surface area contributed by atoms with Crippen molar-refractivity contribution in [3.8, 4) is 12.3 Å². The molecular weight excluding hydrogens is 228 g/mol. The van der Waals surface area contributed by atoms with Crippen LogP contribution in [-0.2, 0) is 9.59 Å². The topological polar surface area (TPSA) is 49.4 Å². The molecule has 18 heavy (non-hydrogen) atoms. The molecule has 0 spiro atoms. The molecule has 2 amide bonds. The van der Waals surface area contributed by atoms with Gasteiger partial charge >= 0.3 is 0 Å². The van der Waals surface area contributed by atoms with Gasteiger partial charge < -0.3 is 10.2 Å². The lowest BCUT2D eigenvalue weighted by Crippen LogP contribution is -2.50. The first-order valence-corrected chi connectivity index (χ1v) is 6.57. The van der Waals surface area contributed by atoms with Crippen molar-refractivity contribution in [2.45, 2.75) is 52.1 Å². The van der Waals surface area contributed by atoms with Crippen LogP contribution in [0.2, 0.25) is 0 Å². The highest BCUT2D eigenvalue weighted by molar-refractivity contribution is 5.90. The lowest BCUT2D eigenvalue weighted by atomic mass is 10.0. The van der Waals surface area contributed by atoms with Gasteiger partial charge in [-0.2, -0.15) is 0 Å². The molecule has 0 aromatic carbocycles. The number of carbonyl (C=O) groups excluding carboxylic acids is 2. The van der Waals surface area contributed by atoms with Gasteiger partial charge in [-0.1, -0.05) is 33.1 Å². The predicted molar refractivity (Wildman–Crippen MR) is 70.6 cm³/mol. The molecule has 100 valence electrons. The van der Waals surface area contributed by atoms with Crippen LogP contribution in [0.4, 0.5) is 0 Å². The molecule has 0 bridgehead atoms. The summed E-state index contributed by atoms with van der Waals surface area (Å²) in [7, 11) is 0. The Labute approximate surface area is 109 Å². The van der Waals surface area contributed by atoms with Crippen molar-refractivity contribution in [2.24, 2.45) is 5.92 Å². The first-order valence-electron chi connectivity index (χ1n) is 6.57. The Morgan fingerprint density at radius 2 is 2.17 bits per heavy atom. The third-order valence-electron chi connectivity index (χ3n) is 3.24. The Hall–Kier alpha value is -1.50. The molecule has 4 heteroatoms. The lowest BCUT2D eigenvalue weighted by molar-refractivity contribution is -0.135. The number of hydrogen-bond donors (Lipinski definition) is 1. The lowest BCUT2D eigenvalue weighted by Gasteiger charge is -2.30. The predicted octanol–water partition coefficient (Wildman–Crippen LogP) is 1.16. The summed E-state index contributed by atoms with van der Waals surface area (Å²) in [5.74, 6) is 2.62. The number of rotatable bonds is 4. The van der Waals surface area contributed by atoms with Crippen LogP contribution < -0.4 is 5.32 Å². The SMILES string of the molecule is C#CC(CCC)N1CCC(=O)NC(C(C)C)C1=O. The summed E-state index contributed by atoms with van der Waals surface area (Å²) in [6.45, 7) is 6.31. The van der Waals surface area contributed by atoms with E-state index in [1.807, 2.05) is 20.8 Å². The maximum absolute atomic E-state index is 12.4. The van der Waals surface area contributed by atoms with E-state index in [2.05, 4.69) is 11.2 Å².